The van der Waals surface area contributed by atoms with Crippen molar-refractivity contribution in [3.63, 3.8) is 0 Å². The van der Waals surface area contributed by atoms with Crippen molar-refractivity contribution in [1.29, 1.82) is 5.26 Å². The Balaban J connectivity index is 0.000000429. The van der Waals surface area contributed by atoms with Crippen molar-refractivity contribution in [2.45, 2.75) is 12.3 Å². The van der Waals surface area contributed by atoms with Crippen molar-refractivity contribution in [1.82, 2.24) is 15.2 Å². The van der Waals surface area contributed by atoms with Crippen LogP contribution in [0.5, 0.6) is 0 Å². The van der Waals surface area contributed by atoms with Gasteiger partial charge in [0.2, 0.25) is 0 Å². The Morgan fingerprint density at radius 3 is 2.54 bits per heavy atom. The Bertz CT molecular complexity index is 1120. The van der Waals surface area contributed by atoms with E-state index in [1.807, 2.05) is 0 Å². The number of nitrogens with one attached hydrogen (secondary N) is 1. The van der Waals surface area contributed by atoms with Crippen LogP contribution in [0.25, 0.3) is 0 Å². The zero-order valence-corrected chi connectivity index (χ0v) is 18.2. The summed E-state index contributed by atoms with van der Waals surface area (Å²) in [6, 6.07) is 12.3. The van der Waals surface area contributed by atoms with Crippen molar-refractivity contribution in [3.8, 4) is 6.07 Å². The van der Waals surface area contributed by atoms with Gasteiger partial charge in [-0.05, 0) is 30.3 Å². The first kappa shape index (κ1) is 25.6. The van der Waals surface area contributed by atoms with Gasteiger partial charge in [-0.2, -0.15) is 18.4 Å². The summed E-state index contributed by atoms with van der Waals surface area (Å²) in [6.45, 7) is 2.20. The summed E-state index contributed by atoms with van der Waals surface area (Å²) in [5.41, 5.74) is 1.51. The number of carboxylic acid groups (broad SMARTS) is 1. The molecule has 9 nitrogen and oxygen atoms in total. The molecule has 0 saturated carbocycles. The van der Waals surface area contributed by atoms with Crippen LogP contribution in [0, 0.1) is 23.2 Å². The summed E-state index contributed by atoms with van der Waals surface area (Å²) >= 11 is 0. The Morgan fingerprint density at radius 2 is 1.91 bits per heavy atom. The molecule has 2 aliphatic heterocycles. The summed E-state index contributed by atoms with van der Waals surface area (Å²) < 4.78 is 37.6. The van der Waals surface area contributed by atoms with E-state index in [1.165, 1.54) is 6.20 Å². The third kappa shape index (κ3) is 6.54. The smallest absolute Gasteiger partial charge is 0.475 e. The molecule has 2 amide bonds. The quantitative estimate of drug-likeness (QED) is 0.671. The van der Waals surface area contributed by atoms with E-state index in [1.54, 1.807) is 47.5 Å². The van der Waals surface area contributed by atoms with Crippen LogP contribution in [-0.2, 0) is 9.53 Å². The van der Waals surface area contributed by atoms with Crippen LogP contribution in [0.15, 0.2) is 48.8 Å². The minimum Gasteiger partial charge on any atom is -0.475 e. The molecular formula is C23H21F3N4O5. The number of aromatic nitrogens is 1. The second-order valence-corrected chi connectivity index (χ2v) is 7.95. The first-order chi connectivity index (χ1) is 16.6. The molecule has 0 unspecified atom stereocenters. The summed E-state index contributed by atoms with van der Waals surface area (Å²) in [5, 5.41) is 19.1. The highest BCUT2D eigenvalue weighted by Crippen LogP contribution is 2.34. The topological polar surface area (TPSA) is 133 Å². The number of benzene rings is 1. The number of halogens is 3. The SMILES string of the molecule is N#Cc1cccc(C(=O)N2C[C@@H]3[C@@H](CNC(=O)c4cccnc4)CO[C@@H]3C2)c1.O=C(O)C(F)(F)F. The molecule has 35 heavy (non-hydrogen) atoms. The van der Waals surface area contributed by atoms with Gasteiger partial charge in [0.15, 0.2) is 0 Å². The van der Waals surface area contributed by atoms with Crippen LogP contribution in [0.4, 0.5) is 13.2 Å². The predicted octanol–water partition coefficient (Wildman–Crippen LogP) is 2.10. The average molecular weight is 490 g/mol. The molecule has 4 rings (SSSR count). The second kappa shape index (κ2) is 11.0. The largest absolute Gasteiger partial charge is 0.490 e. The summed E-state index contributed by atoms with van der Waals surface area (Å²) in [6.07, 6.45) is -1.93. The van der Waals surface area contributed by atoms with E-state index >= 15 is 0 Å². The molecule has 2 aromatic rings. The minimum atomic E-state index is -5.08. The molecule has 0 bridgehead atoms. The molecule has 0 aliphatic carbocycles. The zero-order chi connectivity index (χ0) is 25.6. The van der Waals surface area contributed by atoms with Crippen molar-refractivity contribution >= 4 is 17.8 Å². The lowest BCUT2D eigenvalue weighted by molar-refractivity contribution is -0.192. The second-order valence-electron chi connectivity index (χ2n) is 7.95. The Hall–Kier alpha value is -3.98. The van der Waals surface area contributed by atoms with Crippen LogP contribution < -0.4 is 5.32 Å². The number of pyridine rings is 1. The lowest BCUT2D eigenvalue weighted by Crippen LogP contribution is -2.35. The Kier molecular flexibility index (Phi) is 8.03. The number of hydrogen-bond acceptors (Lipinski definition) is 6. The maximum atomic E-state index is 12.8. The number of amides is 2. The van der Waals surface area contributed by atoms with Gasteiger partial charge in [0.25, 0.3) is 11.8 Å². The summed E-state index contributed by atoms with van der Waals surface area (Å²) in [4.78, 5) is 39.7. The molecule has 184 valence electrons. The van der Waals surface area contributed by atoms with Crippen LogP contribution >= 0.6 is 0 Å². The third-order valence-electron chi connectivity index (χ3n) is 5.66. The first-order valence-corrected chi connectivity index (χ1v) is 10.5. The van der Waals surface area contributed by atoms with E-state index < -0.39 is 12.1 Å². The number of alkyl halides is 3. The molecule has 1 aromatic carbocycles. The molecule has 3 heterocycles. The molecule has 2 saturated heterocycles. The molecule has 1 aromatic heterocycles. The number of aliphatic carboxylic acids is 1. The zero-order valence-electron chi connectivity index (χ0n) is 18.2. The number of ether oxygens (including phenoxy) is 1. The van der Waals surface area contributed by atoms with Gasteiger partial charge in [-0.15, -0.1) is 0 Å². The van der Waals surface area contributed by atoms with Crippen LogP contribution in [-0.4, -0.2) is 71.3 Å². The predicted molar refractivity (Wildman–Crippen MR) is 114 cm³/mol. The van der Waals surface area contributed by atoms with Crippen molar-refractivity contribution < 1.29 is 37.4 Å². The molecule has 12 heteroatoms. The minimum absolute atomic E-state index is 0.0107. The van der Waals surface area contributed by atoms with Gasteiger partial charge in [-0.3, -0.25) is 14.6 Å². The number of fused-ring (bicyclic) bond motifs is 1. The van der Waals surface area contributed by atoms with Gasteiger partial charge in [-0.1, -0.05) is 6.07 Å². The van der Waals surface area contributed by atoms with Crippen LogP contribution in [0.1, 0.15) is 26.3 Å². The lowest BCUT2D eigenvalue weighted by atomic mass is 9.93. The number of carbonyl (C=O) groups excluding carboxylic acids is 2. The molecule has 0 radical (unpaired) electrons. The molecule has 3 atom stereocenters. The molecule has 2 fully saturated rings. The Morgan fingerprint density at radius 1 is 1.20 bits per heavy atom. The molecule has 2 N–H and O–H groups in total. The van der Waals surface area contributed by atoms with Crippen LogP contribution in [0.3, 0.4) is 0 Å². The normalized spacial score (nSPS) is 20.7. The van der Waals surface area contributed by atoms with Crippen molar-refractivity contribution in [3.05, 3.63) is 65.5 Å². The number of hydrogen-bond donors (Lipinski definition) is 2. The van der Waals surface area contributed by atoms with Gasteiger partial charge in [0.05, 0.1) is 29.9 Å². The summed E-state index contributed by atoms with van der Waals surface area (Å²) in [7, 11) is 0. The van der Waals surface area contributed by atoms with Crippen molar-refractivity contribution in [2.75, 3.05) is 26.2 Å². The van der Waals surface area contributed by atoms with Crippen molar-refractivity contribution in [2.24, 2.45) is 11.8 Å². The number of carbonyl (C=O) groups is 3. The number of rotatable bonds is 4. The van der Waals surface area contributed by atoms with E-state index in [-0.39, 0.29) is 29.8 Å². The first-order valence-electron chi connectivity index (χ1n) is 10.5. The van der Waals surface area contributed by atoms with Crippen LogP contribution in [0.2, 0.25) is 0 Å². The maximum Gasteiger partial charge on any atom is 0.490 e. The molecular weight excluding hydrogens is 469 g/mol. The fraction of sp³-hybridized carbons (Fsp3) is 0.348. The Labute approximate surface area is 198 Å². The monoisotopic (exact) mass is 490 g/mol. The van der Waals surface area contributed by atoms with Gasteiger partial charge in [0.1, 0.15) is 0 Å². The molecule has 2 aliphatic rings. The van der Waals surface area contributed by atoms with E-state index in [4.69, 9.17) is 19.9 Å². The number of carboxylic acids is 1. The average Bonchev–Trinajstić information content (AvgIpc) is 3.44. The van der Waals surface area contributed by atoms with E-state index in [0.29, 0.717) is 42.9 Å². The van der Waals surface area contributed by atoms with Gasteiger partial charge < -0.3 is 20.1 Å². The number of nitriles is 1. The van der Waals surface area contributed by atoms with E-state index in [2.05, 4.69) is 16.4 Å². The van der Waals surface area contributed by atoms with Gasteiger partial charge >= 0.3 is 12.1 Å². The number of nitrogens with zero attached hydrogens (tertiary/aromatic N) is 3. The van der Waals surface area contributed by atoms with Gasteiger partial charge in [-0.25, -0.2) is 4.79 Å². The van der Waals surface area contributed by atoms with E-state index in [0.717, 1.165) is 0 Å². The molecule has 0 spiro atoms. The highest BCUT2D eigenvalue weighted by atomic mass is 19.4. The lowest BCUT2D eigenvalue weighted by Gasteiger charge is -2.20. The fourth-order valence-electron chi connectivity index (χ4n) is 3.90. The fourth-order valence-corrected chi connectivity index (χ4v) is 3.90. The van der Waals surface area contributed by atoms with E-state index in [9.17, 15) is 22.8 Å². The third-order valence-corrected chi connectivity index (χ3v) is 5.66. The standard InChI is InChI=1S/C21H20N4O3.C2HF3O2/c22-8-14-3-1-4-15(7-14)21(27)25-11-18-17(13-28-19(18)12-25)10-24-20(26)16-5-2-6-23-9-16;3-2(4,5)1(6)7/h1-7,9,17-19H,10-13H2,(H,24,26);(H,6,7)/t17-,18+,19+;/m0./s1. The number of likely N-dealkylation sites (tertiary alicyclic amines) is 1. The van der Waals surface area contributed by atoms with Gasteiger partial charge in [0, 0.05) is 49.4 Å². The highest BCUT2D eigenvalue weighted by molar-refractivity contribution is 5.95. The highest BCUT2D eigenvalue weighted by Gasteiger charge is 2.45. The summed E-state index contributed by atoms with van der Waals surface area (Å²) in [5.74, 6) is -2.65. The maximum absolute atomic E-state index is 12.8.